The number of rotatable bonds is 40. The maximum Gasteiger partial charge on any atom is 0.327 e. The second kappa shape index (κ2) is 39.1. The fourth-order valence-corrected chi connectivity index (χ4v) is 8.82. The standard InChI is InChI=1S/C50H89N19O16S2/c1-6-22(2)35(66-43(79)30(14-16-34(53)73)61-39(75)26(51)20-86)47(83)69-19-9-12-32(69)44(80)63-29(13-15-33(52)72)41(77)62-28(11-8-18-59-50(56)57)42(78)68-36(24(4)70)45(81)60-23(3)38(74)67-37(25(5)71)46(82)64-27(10-7-17-58-49(54)55)40(76)65-31(21-87)48(84)85/h22-32,35-37,70-71,86-87H,6-21,51H2,1-5H3,(H2,52,72)(H2,53,73)(H,60,81)(H,61,75)(H,62,77)(H,63,80)(H,64,82)(H,65,76)(H,66,79)(H,67,74)(H,68,78)(H,84,85)(H4,54,55,58)(H4,56,57,59)/t22-,23-,24+,25+,26-,27-,28-,29-,30-,31-,32-,35-,36-,37-/m0/s1. The van der Waals surface area contributed by atoms with Crippen molar-refractivity contribution < 1.29 is 77.6 Å². The van der Waals surface area contributed by atoms with Crippen molar-refractivity contribution in [1.29, 1.82) is 0 Å². The summed E-state index contributed by atoms with van der Waals surface area (Å²) in [6.45, 7) is 6.68. The van der Waals surface area contributed by atoms with Crippen LogP contribution in [0.1, 0.15) is 105 Å². The number of primary amides is 2. The van der Waals surface area contributed by atoms with E-state index in [0.29, 0.717) is 6.42 Å². The van der Waals surface area contributed by atoms with Crippen LogP contribution in [0.4, 0.5) is 0 Å². The van der Waals surface area contributed by atoms with Gasteiger partial charge in [0.2, 0.25) is 70.9 Å². The minimum absolute atomic E-state index is 0.00438. The number of thiol groups is 2. The van der Waals surface area contributed by atoms with Crippen molar-refractivity contribution in [1.82, 2.24) is 52.8 Å². The van der Waals surface area contributed by atoms with Gasteiger partial charge in [0.1, 0.15) is 60.4 Å². The summed E-state index contributed by atoms with van der Waals surface area (Å²) in [4.78, 5) is 182. The van der Waals surface area contributed by atoms with Crippen molar-refractivity contribution in [2.45, 2.75) is 184 Å². The number of carboxylic acids is 1. The van der Waals surface area contributed by atoms with E-state index >= 15 is 0 Å². The van der Waals surface area contributed by atoms with Crippen LogP contribution < -0.4 is 88.0 Å². The first-order valence-corrected chi connectivity index (χ1v) is 29.2. The Morgan fingerprint density at radius 2 is 0.931 bits per heavy atom. The molecule has 1 saturated heterocycles. The number of nitrogens with two attached hydrogens (primary N) is 7. The average Bonchev–Trinajstić information content (AvgIpc) is 2.58. The van der Waals surface area contributed by atoms with E-state index in [1.54, 1.807) is 13.8 Å². The van der Waals surface area contributed by atoms with Gasteiger partial charge in [-0.25, -0.2) is 4.79 Å². The van der Waals surface area contributed by atoms with E-state index < -0.39 is 174 Å². The normalized spacial score (nSPS) is 17.3. The number of nitrogens with zero attached hydrogens (tertiary/aromatic N) is 3. The number of guanidine groups is 2. The van der Waals surface area contributed by atoms with Crippen molar-refractivity contribution in [2.75, 3.05) is 31.1 Å². The summed E-state index contributed by atoms with van der Waals surface area (Å²) in [6.07, 6.45) is -4.51. The van der Waals surface area contributed by atoms with Crippen molar-refractivity contribution in [2.24, 2.45) is 56.0 Å². The highest BCUT2D eigenvalue weighted by atomic mass is 32.1. The Bertz CT molecular complexity index is 2470. The first-order valence-electron chi connectivity index (χ1n) is 28.0. The lowest BCUT2D eigenvalue weighted by atomic mass is 9.96. The second-order valence-corrected chi connectivity index (χ2v) is 21.5. The Kier molecular flexibility index (Phi) is 34.7. The predicted molar refractivity (Wildman–Crippen MR) is 321 cm³/mol. The molecule has 492 valence electrons. The van der Waals surface area contributed by atoms with E-state index in [2.05, 4.69) is 83.1 Å². The van der Waals surface area contributed by atoms with E-state index in [0.717, 1.165) is 20.8 Å². The number of nitrogens with one attached hydrogen (secondary N) is 9. The third-order valence-corrected chi connectivity index (χ3v) is 14.4. The Hall–Kier alpha value is -7.77. The topological polar surface area (TPSA) is 601 Å². The molecule has 0 aliphatic carbocycles. The van der Waals surface area contributed by atoms with E-state index in [1.165, 1.54) is 4.90 Å². The van der Waals surface area contributed by atoms with Crippen LogP contribution >= 0.6 is 25.3 Å². The van der Waals surface area contributed by atoms with Gasteiger partial charge in [0, 0.05) is 44.0 Å². The van der Waals surface area contributed by atoms with Crippen LogP contribution in [0.2, 0.25) is 0 Å². The van der Waals surface area contributed by atoms with Gasteiger partial charge in [-0.2, -0.15) is 25.3 Å². The summed E-state index contributed by atoms with van der Waals surface area (Å²) in [5.74, 6) is -14.4. The molecule has 1 heterocycles. The second-order valence-electron chi connectivity index (χ2n) is 20.8. The Morgan fingerprint density at radius 3 is 1.36 bits per heavy atom. The number of carboxylic acid groups (broad SMARTS) is 1. The minimum Gasteiger partial charge on any atom is -0.480 e. The monoisotopic (exact) mass is 1280 g/mol. The molecule has 0 aromatic carbocycles. The van der Waals surface area contributed by atoms with Crippen LogP contribution in [-0.4, -0.2) is 219 Å². The molecule has 0 saturated carbocycles. The maximum atomic E-state index is 14.4. The lowest BCUT2D eigenvalue weighted by Gasteiger charge is -2.33. The number of amides is 12. The number of hydrogen-bond donors (Lipinski definition) is 21. The number of carbonyl (C=O) groups excluding carboxylic acids is 12. The molecule has 35 nitrogen and oxygen atoms in total. The molecule has 0 spiro atoms. The summed E-state index contributed by atoms with van der Waals surface area (Å²) in [7, 11) is 0. The van der Waals surface area contributed by atoms with E-state index in [9.17, 15) is 77.6 Å². The highest BCUT2D eigenvalue weighted by molar-refractivity contribution is 7.80. The third kappa shape index (κ3) is 27.6. The van der Waals surface area contributed by atoms with Crippen molar-refractivity contribution >= 4 is 114 Å². The van der Waals surface area contributed by atoms with Gasteiger partial charge in [-0.3, -0.25) is 67.5 Å². The number of aliphatic hydroxyl groups is 2. The number of carbonyl (C=O) groups is 13. The van der Waals surface area contributed by atoms with Crippen LogP contribution in [0.3, 0.4) is 0 Å². The number of aliphatic carboxylic acids is 1. The molecule has 87 heavy (non-hydrogen) atoms. The molecule has 0 bridgehead atoms. The molecular weight excluding hydrogens is 1190 g/mol. The maximum absolute atomic E-state index is 14.4. The predicted octanol–water partition coefficient (Wildman–Crippen LogP) is -8.92. The lowest BCUT2D eigenvalue weighted by molar-refractivity contribution is -0.143. The van der Waals surface area contributed by atoms with Gasteiger partial charge in [-0.1, -0.05) is 20.3 Å². The van der Waals surface area contributed by atoms with Gasteiger partial charge in [-0.05, 0) is 78.1 Å². The van der Waals surface area contributed by atoms with Crippen molar-refractivity contribution in [3.05, 3.63) is 0 Å². The molecular formula is C50H89N19O16S2. The molecule has 0 aromatic rings. The van der Waals surface area contributed by atoms with E-state index in [-0.39, 0.29) is 94.4 Å². The zero-order chi connectivity index (χ0) is 66.4. The van der Waals surface area contributed by atoms with E-state index in [1.807, 2.05) is 0 Å². The van der Waals surface area contributed by atoms with Crippen molar-refractivity contribution in [3.8, 4) is 0 Å². The Labute approximate surface area is 513 Å². The average molecular weight is 1280 g/mol. The van der Waals surface area contributed by atoms with Gasteiger partial charge in [-0.15, -0.1) is 0 Å². The fraction of sp³-hybridized carbons (Fsp3) is 0.700. The number of aliphatic hydroxyl groups excluding tert-OH is 2. The summed E-state index contributed by atoms with van der Waals surface area (Å²) in [5.41, 5.74) is 38.2. The van der Waals surface area contributed by atoms with Gasteiger partial charge >= 0.3 is 5.97 Å². The quantitative estimate of drug-likeness (QED) is 0.0117. The highest BCUT2D eigenvalue weighted by Gasteiger charge is 2.42. The van der Waals surface area contributed by atoms with Gasteiger partial charge in [0.15, 0.2) is 11.9 Å². The molecule has 0 radical (unpaired) electrons. The molecule has 12 amide bonds. The Balaban J connectivity index is 3.48. The summed E-state index contributed by atoms with van der Waals surface area (Å²) in [5, 5.41) is 52.4. The van der Waals surface area contributed by atoms with E-state index in [4.69, 9.17) is 40.1 Å². The molecule has 0 unspecified atom stereocenters. The van der Waals surface area contributed by atoms with Gasteiger partial charge in [0.25, 0.3) is 0 Å². The van der Waals surface area contributed by atoms with Crippen LogP contribution in [-0.2, 0) is 62.3 Å². The minimum atomic E-state index is -1.87. The molecule has 1 aliphatic heterocycles. The first-order chi connectivity index (χ1) is 40.7. The largest absolute Gasteiger partial charge is 0.480 e. The molecule has 26 N–H and O–H groups in total. The lowest BCUT2D eigenvalue weighted by Crippen LogP contribution is -2.62. The van der Waals surface area contributed by atoms with Crippen molar-refractivity contribution in [3.63, 3.8) is 0 Å². The zero-order valence-corrected chi connectivity index (χ0v) is 51.1. The molecule has 37 heteroatoms. The summed E-state index contributed by atoms with van der Waals surface area (Å²) < 4.78 is 0. The summed E-state index contributed by atoms with van der Waals surface area (Å²) in [6, 6.07) is -16.4. The first kappa shape index (κ1) is 77.2. The van der Waals surface area contributed by atoms with Gasteiger partial charge < -0.3 is 108 Å². The fourth-order valence-electron chi connectivity index (χ4n) is 8.41. The smallest absolute Gasteiger partial charge is 0.327 e. The molecule has 14 atom stereocenters. The number of hydrogen-bond acceptors (Lipinski definition) is 20. The Morgan fingerprint density at radius 1 is 0.529 bits per heavy atom. The van der Waals surface area contributed by atoms with Crippen LogP contribution in [0.15, 0.2) is 9.98 Å². The highest BCUT2D eigenvalue weighted by Crippen LogP contribution is 2.22. The van der Waals surface area contributed by atoms with Crippen LogP contribution in [0, 0.1) is 5.92 Å². The van der Waals surface area contributed by atoms with Gasteiger partial charge in [0.05, 0.1) is 18.2 Å². The van der Waals surface area contributed by atoms with Crippen LogP contribution in [0.5, 0.6) is 0 Å². The van der Waals surface area contributed by atoms with Crippen LogP contribution in [0.25, 0.3) is 0 Å². The molecule has 0 aromatic heterocycles. The SMILES string of the molecule is CC[C@H](C)[C@H](NC(=O)[C@H](CCC(N)=O)NC(=O)[C@@H](N)CS)C(=O)N1CCC[C@H]1C(=O)N[C@@H](CCC(N)=O)C(=O)N[C@@H](CCCN=C(N)N)C(=O)N[C@H](C(=O)N[C@@H](C)C(=O)N[C@H](C(=O)N[C@@H](CCCN=C(N)N)C(=O)N[C@@H](CS)C(=O)O)[C@@H](C)O)[C@@H](C)O. The molecule has 1 aliphatic rings. The molecule has 1 rings (SSSR count). The number of likely N-dealkylation sites (tertiary alicyclic amines) is 1. The zero-order valence-electron chi connectivity index (χ0n) is 49.3. The molecule has 1 fully saturated rings. The third-order valence-electron chi connectivity index (χ3n) is 13.6. The number of aliphatic imine (C=N–C) groups is 2. The summed E-state index contributed by atoms with van der Waals surface area (Å²) >= 11 is 7.93.